The van der Waals surface area contributed by atoms with Crippen molar-refractivity contribution in [1.29, 1.82) is 0 Å². The van der Waals surface area contributed by atoms with E-state index in [0.29, 0.717) is 5.88 Å². The number of ether oxygens (including phenoxy) is 3. The van der Waals surface area contributed by atoms with Gasteiger partial charge in [-0.1, -0.05) is 43.3 Å². The van der Waals surface area contributed by atoms with Crippen LogP contribution in [-0.2, 0) is 0 Å². The van der Waals surface area contributed by atoms with Crippen molar-refractivity contribution in [2.75, 3.05) is 26.3 Å². The number of methoxy groups -OCH3 is 3. The van der Waals surface area contributed by atoms with E-state index in [-0.39, 0.29) is 12.0 Å². The molecule has 1 aromatic heterocycles. The van der Waals surface area contributed by atoms with Gasteiger partial charge in [-0.05, 0) is 47.5 Å². The number of pyridine rings is 1. The molecule has 2 unspecified atom stereocenters. The first-order chi connectivity index (χ1) is 15.6. The van der Waals surface area contributed by atoms with Crippen LogP contribution in [0.25, 0.3) is 6.08 Å². The van der Waals surface area contributed by atoms with Crippen molar-refractivity contribution < 1.29 is 14.2 Å². The molecule has 0 saturated carbocycles. The Kier molecular flexibility index (Phi) is 6.40. The van der Waals surface area contributed by atoms with E-state index < -0.39 is 0 Å². The van der Waals surface area contributed by atoms with Gasteiger partial charge in [-0.15, -0.1) is 0 Å². The maximum Gasteiger partial charge on any atom is 0.214 e. The van der Waals surface area contributed by atoms with Crippen LogP contribution in [0.4, 0.5) is 5.82 Å². The molecule has 4 rings (SSSR count). The fourth-order valence-corrected chi connectivity index (χ4v) is 3.80. The Morgan fingerprint density at radius 2 is 1.44 bits per heavy atom. The van der Waals surface area contributed by atoms with Gasteiger partial charge < -0.3 is 14.2 Å². The van der Waals surface area contributed by atoms with Crippen molar-refractivity contribution >= 4 is 17.6 Å². The molecule has 0 fully saturated rings. The number of hydrazone groups is 1. The first-order valence-electron chi connectivity index (χ1n) is 10.5. The third kappa shape index (κ3) is 4.44. The highest BCUT2D eigenvalue weighted by molar-refractivity contribution is 6.02. The molecule has 6 nitrogen and oxygen atoms in total. The van der Waals surface area contributed by atoms with E-state index in [4.69, 9.17) is 19.3 Å². The number of allylic oxidation sites excluding steroid dienone is 1. The van der Waals surface area contributed by atoms with Gasteiger partial charge in [-0.25, -0.2) is 5.01 Å². The molecule has 3 aromatic rings. The number of hydrogen-bond donors (Lipinski definition) is 0. The lowest BCUT2D eigenvalue weighted by Crippen LogP contribution is -2.24. The van der Waals surface area contributed by atoms with Gasteiger partial charge in [-0.2, -0.15) is 10.1 Å². The van der Waals surface area contributed by atoms with Crippen LogP contribution in [-0.4, -0.2) is 32.0 Å². The monoisotopic (exact) mass is 429 g/mol. The molecule has 32 heavy (non-hydrogen) atoms. The Bertz CT molecular complexity index is 1110. The molecule has 0 spiro atoms. The number of nitrogens with zero attached hydrogens (tertiary/aromatic N) is 3. The summed E-state index contributed by atoms with van der Waals surface area (Å²) in [5, 5.41) is 6.93. The van der Waals surface area contributed by atoms with E-state index in [1.165, 1.54) is 0 Å². The lowest BCUT2D eigenvalue weighted by molar-refractivity contribution is 0.397. The predicted octanol–water partition coefficient (Wildman–Crippen LogP) is 5.37. The maximum absolute atomic E-state index is 5.34. The average Bonchev–Trinajstić information content (AvgIpc) is 3.19. The Hall–Kier alpha value is -3.80. The van der Waals surface area contributed by atoms with Crippen LogP contribution in [0.1, 0.15) is 24.1 Å². The number of anilines is 1. The SMILES string of the molecule is COc1ccc(C=CC2=NN(c3cccc(OC)n3)C(c3ccc(OC)cc3)C2C)cc1. The zero-order chi connectivity index (χ0) is 22.5. The largest absolute Gasteiger partial charge is 0.497 e. The molecule has 0 bridgehead atoms. The molecule has 2 atom stereocenters. The Labute approximate surface area is 188 Å². The van der Waals surface area contributed by atoms with E-state index in [1.807, 2.05) is 59.6 Å². The minimum absolute atomic E-state index is 0.00368. The minimum Gasteiger partial charge on any atom is -0.497 e. The van der Waals surface area contributed by atoms with Crippen LogP contribution in [0, 0.1) is 5.92 Å². The van der Waals surface area contributed by atoms with Crippen molar-refractivity contribution in [2.24, 2.45) is 11.0 Å². The molecule has 2 aromatic carbocycles. The van der Waals surface area contributed by atoms with E-state index in [9.17, 15) is 0 Å². The molecule has 2 heterocycles. The second-order valence-electron chi connectivity index (χ2n) is 7.52. The summed E-state index contributed by atoms with van der Waals surface area (Å²) in [7, 11) is 4.96. The normalized spacial score (nSPS) is 18.0. The molecular formula is C26H27N3O3. The fourth-order valence-electron chi connectivity index (χ4n) is 3.80. The van der Waals surface area contributed by atoms with Crippen LogP contribution in [0.3, 0.4) is 0 Å². The third-order valence-electron chi connectivity index (χ3n) is 5.60. The number of hydrogen-bond acceptors (Lipinski definition) is 6. The third-order valence-corrected chi connectivity index (χ3v) is 5.60. The van der Waals surface area contributed by atoms with E-state index >= 15 is 0 Å². The first-order valence-corrected chi connectivity index (χ1v) is 10.5. The van der Waals surface area contributed by atoms with Crippen LogP contribution < -0.4 is 19.2 Å². The van der Waals surface area contributed by atoms with Crippen molar-refractivity contribution in [3.63, 3.8) is 0 Å². The van der Waals surface area contributed by atoms with Crippen LogP contribution in [0.5, 0.6) is 17.4 Å². The lowest BCUT2D eigenvalue weighted by Gasteiger charge is -2.26. The van der Waals surface area contributed by atoms with Crippen molar-refractivity contribution in [1.82, 2.24) is 4.98 Å². The van der Waals surface area contributed by atoms with Gasteiger partial charge in [-0.3, -0.25) is 0 Å². The quantitative estimate of drug-likeness (QED) is 0.505. The number of aromatic nitrogens is 1. The Morgan fingerprint density at radius 1 is 0.781 bits per heavy atom. The van der Waals surface area contributed by atoms with Crippen molar-refractivity contribution in [2.45, 2.75) is 13.0 Å². The van der Waals surface area contributed by atoms with Crippen LogP contribution >= 0.6 is 0 Å². The van der Waals surface area contributed by atoms with Gasteiger partial charge in [0, 0.05) is 12.0 Å². The molecule has 0 N–H and O–H groups in total. The van der Waals surface area contributed by atoms with Gasteiger partial charge in [0.2, 0.25) is 5.88 Å². The first kappa shape index (κ1) is 21.4. The summed E-state index contributed by atoms with van der Waals surface area (Å²) >= 11 is 0. The fraction of sp³-hybridized carbons (Fsp3) is 0.231. The molecular weight excluding hydrogens is 402 g/mol. The van der Waals surface area contributed by atoms with Crippen molar-refractivity contribution in [3.05, 3.63) is 83.9 Å². The summed E-state index contributed by atoms with van der Waals surface area (Å²) in [6.45, 7) is 2.19. The highest BCUT2D eigenvalue weighted by atomic mass is 16.5. The molecule has 0 radical (unpaired) electrons. The average molecular weight is 430 g/mol. The van der Waals surface area contributed by atoms with Crippen molar-refractivity contribution in [3.8, 4) is 17.4 Å². The highest BCUT2D eigenvalue weighted by Gasteiger charge is 2.36. The molecule has 0 aliphatic carbocycles. The summed E-state index contributed by atoms with van der Waals surface area (Å²) in [6, 6.07) is 21.8. The predicted molar refractivity (Wildman–Crippen MR) is 128 cm³/mol. The molecule has 6 heteroatoms. The lowest BCUT2D eigenvalue weighted by atomic mass is 9.91. The molecule has 1 aliphatic heterocycles. The highest BCUT2D eigenvalue weighted by Crippen LogP contribution is 2.39. The van der Waals surface area contributed by atoms with E-state index in [0.717, 1.165) is 34.2 Å². The summed E-state index contributed by atoms with van der Waals surface area (Å²) < 4.78 is 15.9. The van der Waals surface area contributed by atoms with Crippen LogP contribution in [0.15, 0.2) is 77.9 Å². The smallest absolute Gasteiger partial charge is 0.214 e. The molecule has 164 valence electrons. The zero-order valence-electron chi connectivity index (χ0n) is 18.7. The molecule has 1 aliphatic rings. The van der Waals surface area contributed by atoms with E-state index in [2.05, 4.69) is 36.2 Å². The molecule has 0 amide bonds. The topological polar surface area (TPSA) is 56.2 Å². The van der Waals surface area contributed by atoms with Crippen LogP contribution in [0.2, 0.25) is 0 Å². The van der Waals surface area contributed by atoms with Gasteiger partial charge in [0.15, 0.2) is 5.82 Å². The number of benzene rings is 2. The Morgan fingerprint density at radius 3 is 2.06 bits per heavy atom. The summed E-state index contributed by atoms with van der Waals surface area (Å²) in [5.41, 5.74) is 3.20. The Balaban J connectivity index is 1.68. The van der Waals surface area contributed by atoms with Gasteiger partial charge in [0.1, 0.15) is 11.5 Å². The molecule has 0 saturated heterocycles. The maximum atomic E-state index is 5.34. The minimum atomic E-state index is -0.00368. The number of rotatable bonds is 7. The standard InChI is InChI=1S/C26H27N3O3/c1-18-23(17-10-19-8-13-21(30-2)14-9-19)28-29(24-6-5-7-25(27-24)32-4)26(18)20-11-15-22(31-3)16-12-20/h5-18,26H,1-4H3. The van der Waals surface area contributed by atoms with Gasteiger partial charge >= 0.3 is 0 Å². The van der Waals surface area contributed by atoms with E-state index in [1.54, 1.807) is 21.3 Å². The second-order valence-corrected chi connectivity index (χ2v) is 7.52. The second kappa shape index (κ2) is 9.56. The van der Waals surface area contributed by atoms with Gasteiger partial charge in [0.05, 0.1) is 33.1 Å². The zero-order valence-corrected chi connectivity index (χ0v) is 18.7. The summed E-state index contributed by atoms with van der Waals surface area (Å²) in [4.78, 5) is 4.62. The summed E-state index contributed by atoms with van der Waals surface area (Å²) in [6.07, 6.45) is 4.14. The van der Waals surface area contributed by atoms with Gasteiger partial charge in [0.25, 0.3) is 0 Å². The summed E-state index contributed by atoms with van der Waals surface area (Å²) in [5.74, 6) is 3.10.